The molecule has 0 aliphatic heterocycles. The summed E-state index contributed by atoms with van der Waals surface area (Å²) >= 11 is 0. The maximum Gasteiger partial charge on any atom is -0.193 e. The summed E-state index contributed by atoms with van der Waals surface area (Å²) in [5.74, 6) is 0. The van der Waals surface area contributed by atoms with Crippen LogP contribution in [-0.2, 0) is 42.1 Å². The second-order valence-corrected chi connectivity index (χ2v) is 4.69. The van der Waals surface area contributed by atoms with Crippen molar-refractivity contribution >= 4 is 0 Å². The van der Waals surface area contributed by atoms with Crippen molar-refractivity contribution in [2.24, 2.45) is 0 Å². The van der Waals surface area contributed by atoms with Gasteiger partial charge in [0.1, 0.15) is 0 Å². The Morgan fingerprint density at radius 2 is 0.409 bits per heavy atom. The van der Waals surface area contributed by atoms with Crippen LogP contribution in [0.4, 0.5) is 0 Å². The van der Waals surface area contributed by atoms with E-state index in [-0.39, 0.29) is 42.1 Å². The summed E-state index contributed by atoms with van der Waals surface area (Å²) in [6, 6.07) is 33.4. The van der Waals surface area contributed by atoms with Crippen molar-refractivity contribution in [1.82, 2.24) is 0 Å². The van der Waals surface area contributed by atoms with Crippen molar-refractivity contribution in [2.75, 3.05) is 0 Å². The van der Waals surface area contributed by atoms with E-state index in [1.807, 2.05) is 0 Å². The SMILES string of the molecule is [MoH2].[MoH2].c1cc[c-](-[c-]2cccc2)c1.c1cc[c-](-[c-]2cccc2)c1. The van der Waals surface area contributed by atoms with Crippen LogP contribution in [-0.4, -0.2) is 0 Å². The fourth-order valence-electron chi connectivity index (χ4n) is 2.27. The molecule has 0 unspecified atom stereocenters. The van der Waals surface area contributed by atoms with Crippen LogP contribution < -0.4 is 0 Å². The Hall–Kier alpha value is -1.22. The molecule has 0 aliphatic carbocycles. The fourth-order valence-corrected chi connectivity index (χ4v) is 2.27. The van der Waals surface area contributed by atoms with Gasteiger partial charge in [-0.15, -0.1) is 0 Å². The van der Waals surface area contributed by atoms with Crippen LogP contribution in [0.25, 0.3) is 22.3 Å². The van der Waals surface area contributed by atoms with Crippen LogP contribution >= 0.6 is 0 Å². The summed E-state index contributed by atoms with van der Waals surface area (Å²) < 4.78 is 0. The average molecular weight is 452 g/mol. The van der Waals surface area contributed by atoms with Gasteiger partial charge in [0, 0.05) is 0 Å². The quantitative estimate of drug-likeness (QED) is 0.310. The van der Waals surface area contributed by atoms with Crippen LogP contribution in [0.3, 0.4) is 0 Å². The van der Waals surface area contributed by atoms with Gasteiger partial charge in [-0.3, -0.25) is 0 Å². The Morgan fingerprint density at radius 3 is 0.545 bits per heavy atom. The first-order chi connectivity index (χ1) is 9.93. The predicted octanol–water partition coefficient (Wildman–Crippen LogP) is 4.51. The molecule has 0 fully saturated rings. The van der Waals surface area contributed by atoms with E-state index in [2.05, 4.69) is 97.1 Å². The van der Waals surface area contributed by atoms with Gasteiger partial charge < -0.3 is 0 Å². The molecule has 4 rings (SSSR count). The topological polar surface area (TPSA) is 0 Å². The molecule has 2 heteroatoms. The van der Waals surface area contributed by atoms with Gasteiger partial charge in [-0.1, -0.05) is 0 Å². The summed E-state index contributed by atoms with van der Waals surface area (Å²) in [6.07, 6.45) is 0. The van der Waals surface area contributed by atoms with E-state index in [0.717, 1.165) is 0 Å². The van der Waals surface area contributed by atoms with Crippen molar-refractivity contribution < 1.29 is 42.1 Å². The first-order valence-electron chi connectivity index (χ1n) is 6.81. The Kier molecular flexibility index (Phi) is 8.32. The van der Waals surface area contributed by atoms with Gasteiger partial charge in [-0.2, -0.15) is 119 Å². The first kappa shape index (κ1) is 18.8. The smallest absolute Gasteiger partial charge is 0.193 e. The van der Waals surface area contributed by atoms with Crippen LogP contribution in [0.2, 0.25) is 0 Å². The molecule has 0 amide bonds. The molecule has 0 radical (unpaired) electrons. The standard InChI is InChI=1S/2C10H8.2Mo.4H/c2*1-2-6-9(5-1)10-7-3-4-8-10;;;;;;/h2*1-8H;;;;;;/q2*-2;;;;;;. The monoisotopic (exact) mass is 456 g/mol. The minimum Gasteiger partial charge on any atom is -0.198 e. The van der Waals surface area contributed by atoms with E-state index in [1.165, 1.54) is 22.3 Å². The van der Waals surface area contributed by atoms with Gasteiger partial charge in [0.15, 0.2) is 0 Å². The molecule has 0 saturated heterocycles. The van der Waals surface area contributed by atoms with Crippen LogP contribution in [0.15, 0.2) is 97.1 Å². The normalized spacial score (nSPS) is 9.09. The van der Waals surface area contributed by atoms with Crippen molar-refractivity contribution in [3.05, 3.63) is 97.1 Å². The zero-order chi connectivity index (χ0) is 13.6. The Balaban J connectivity index is 0.000000202. The van der Waals surface area contributed by atoms with Crippen molar-refractivity contribution in [1.29, 1.82) is 0 Å². The molecule has 0 nitrogen and oxygen atoms in total. The second kappa shape index (κ2) is 9.72. The number of hydrogen-bond donors (Lipinski definition) is 0. The molecule has 0 saturated carbocycles. The van der Waals surface area contributed by atoms with E-state index in [4.69, 9.17) is 0 Å². The Labute approximate surface area is 160 Å². The summed E-state index contributed by atoms with van der Waals surface area (Å²) in [7, 11) is 0. The largest absolute Gasteiger partial charge is 0.198 e. The van der Waals surface area contributed by atoms with Crippen molar-refractivity contribution in [3.8, 4) is 22.3 Å². The molecule has 0 spiro atoms. The van der Waals surface area contributed by atoms with E-state index in [0.29, 0.717) is 0 Å². The van der Waals surface area contributed by atoms with Crippen molar-refractivity contribution in [2.45, 2.75) is 0 Å². The van der Waals surface area contributed by atoms with Gasteiger partial charge in [0.2, 0.25) is 0 Å². The van der Waals surface area contributed by atoms with Crippen molar-refractivity contribution in [3.63, 3.8) is 0 Å². The van der Waals surface area contributed by atoms with E-state index in [9.17, 15) is 0 Å². The molecule has 0 heterocycles. The molecular weight excluding hydrogens is 432 g/mol. The maximum absolute atomic E-state index is 2.12. The fraction of sp³-hybridized carbons (Fsp3) is 0. The third-order valence-corrected chi connectivity index (χ3v) is 3.32. The minimum atomic E-state index is 0. The van der Waals surface area contributed by atoms with Crippen LogP contribution in [0, 0.1) is 0 Å². The molecule has 0 atom stereocenters. The summed E-state index contributed by atoms with van der Waals surface area (Å²) in [6.45, 7) is 0. The average Bonchev–Trinajstić information content (AvgIpc) is 3.29. The Bertz CT molecular complexity index is 553. The third kappa shape index (κ3) is 4.91. The zero-order valence-corrected chi connectivity index (χ0v) is 17.2. The summed E-state index contributed by atoms with van der Waals surface area (Å²) in [5, 5.41) is 0. The molecule has 4 aromatic rings. The second-order valence-electron chi connectivity index (χ2n) is 4.69. The predicted molar refractivity (Wildman–Crippen MR) is 91.7 cm³/mol. The molecule has 0 bridgehead atoms. The molecule has 0 aliphatic rings. The van der Waals surface area contributed by atoms with Gasteiger partial charge in [-0.25, -0.2) is 0 Å². The molecule has 4 aromatic carbocycles. The number of hydrogen-bond acceptors (Lipinski definition) is 0. The molecule has 0 N–H and O–H groups in total. The van der Waals surface area contributed by atoms with Crippen LogP contribution in [0.1, 0.15) is 0 Å². The van der Waals surface area contributed by atoms with Crippen LogP contribution in [0.5, 0.6) is 0 Å². The molecular formula is C20H20Mo2-4. The number of rotatable bonds is 2. The van der Waals surface area contributed by atoms with E-state index < -0.39 is 0 Å². The molecule has 116 valence electrons. The Morgan fingerprint density at radius 1 is 0.273 bits per heavy atom. The molecule has 0 aromatic heterocycles. The first-order valence-corrected chi connectivity index (χ1v) is 6.81. The zero-order valence-electron chi connectivity index (χ0n) is 12.2. The molecule has 22 heavy (non-hydrogen) atoms. The van der Waals surface area contributed by atoms with E-state index >= 15 is 0 Å². The van der Waals surface area contributed by atoms with Gasteiger partial charge in [-0.05, 0) is 0 Å². The van der Waals surface area contributed by atoms with Gasteiger partial charge in [0.25, 0.3) is 0 Å². The van der Waals surface area contributed by atoms with Gasteiger partial charge in [0.05, 0.1) is 0 Å². The van der Waals surface area contributed by atoms with E-state index in [1.54, 1.807) is 0 Å². The minimum absolute atomic E-state index is 0. The summed E-state index contributed by atoms with van der Waals surface area (Å²) in [4.78, 5) is 0. The van der Waals surface area contributed by atoms with Gasteiger partial charge >= 0.3 is 42.1 Å². The maximum atomic E-state index is 2.12. The third-order valence-electron chi connectivity index (χ3n) is 3.32. The summed E-state index contributed by atoms with van der Waals surface area (Å²) in [5.41, 5.74) is 5.24.